The standard InChI is InChI=1S/C18H19NO3/c1-19-18(20)12-5-3-6-13(11-12)22-17-8-4-7-14-15(17)9-10-16(14)21-2/h3-8,11,16H,9-10H2,1-2H3,(H,19,20)/t16-/m1/s1. The maximum atomic E-state index is 11.7. The molecule has 0 aliphatic heterocycles. The highest BCUT2D eigenvalue weighted by Crippen LogP contribution is 2.40. The third-order valence-corrected chi connectivity index (χ3v) is 4.01. The van der Waals surface area contributed by atoms with E-state index < -0.39 is 0 Å². The lowest BCUT2D eigenvalue weighted by molar-refractivity contribution is 0.0962. The van der Waals surface area contributed by atoms with E-state index in [1.807, 2.05) is 24.3 Å². The van der Waals surface area contributed by atoms with Crippen LogP contribution in [0.5, 0.6) is 11.5 Å². The zero-order chi connectivity index (χ0) is 15.5. The average molecular weight is 297 g/mol. The minimum atomic E-state index is -0.122. The quantitative estimate of drug-likeness (QED) is 0.940. The summed E-state index contributed by atoms with van der Waals surface area (Å²) in [7, 11) is 3.35. The van der Waals surface area contributed by atoms with Crippen LogP contribution in [-0.4, -0.2) is 20.1 Å². The topological polar surface area (TPSA) is 47.6 Å². The predicted octanol–water partition coefficient (Wildman–Crippen LogP) is 3.47. The molecule has 0 saturated carbocycles. The number of carbonyl (C=O) groups excluding carboxylic acids is 1. The van der Waals surface area contributed by atoms with Crippen molar-refractivity contribution < 1.29 is 14.3 Å². The van der Waals surface area contributed by atoms with Crippen LogP contribution in [0.25, 0.3) is 0 Å². The summed E-state index contributed by atoms with van der Waals surface area (Å²) in [5, 5.41) is 2.62. The minimum Gasteiger partial charge on any atom is -0.457 e. The normalized spacial score (nSPS) is 16.2. The number of hydrogen-bond acceptors (Lipinski definition) is 3. The largest absolute Gasteiger partial charge is 0.457 e. The molecule has 4 nitrogen and oxygen atoms in total. The Morgan fingerprint density at radius 1 is 1.23 bits per heavy atom. The Kier molecular flexibility index (Phi) is 4.11. The van der Waals surface area contributed by atoms with Crippen molar-refractivity contribution in [1.82, 2.24) is 5.32 Å². The summed E-state index contributed by atoms with van der Waals surface area (Å²) in [6.45, 7) is 0. The van der Waals surface area contributed by atoms with Crippen LogP contribution in [0.1, 0.15) is 34.0 Å². The number of rotatable bonds is 4. The summed E-state index contributed by atoms with van der Waals surface area (Å²) in [5.41, 5.74) is 2.98. The van der Waals surface area contributed by atoms with Gasteiger partial charge in [-0.05, 0) is 42.7 Å². The van der Waals surface area contributed by atoms with Gasteiger partial charge in [-0.15, -0.1) is 0 Å². The van der Waals surface area contributed by atoms with E-state index in [4.69, 9.17) is 9.47 Å². The van der Waals surface area contributed by atoms with E-state index in [-0.39, 0.29) is 12.0 Å². The number of nitrogens with one attached hydrogen (secondary N) is 1. The van der Waals surface area contributed by atoms with E-state index >= 15 is 0 Å². The van der Waals surface area contributed by atoms with Gasteiger partial charge in [-0.2, -0.15) is 0 Å². The number of fused-ring (bicyclic) bond motifs is 1. The second kappa shape index (κ2) is 6.20. The molecule has 114 valence electrons. The summed E-state index contributed by atoms with van der Waals surface area (Å²) in [6.07, 6.45) is 2.07. The molecule has 1 aliphatic rings. The van der Waals surface area contributed by atoms with Crippen molar-refractivity contribution in [2.75, 3.05) is 14.2 Å². The summed E-state index contributed by atoms with van der Waals surface area (Å²) in [6, 6.07) is 13.2. The first-order valence-electron chi connectivity index (χ1n) is 7.37. The zero-order valence-electron chi connectivity index (χ0n) is 12.8. The molecule has 2 aromatic rings. The molecule has 0 saturated heterocycles. The van der Waals surface area contributed by atoms with Crippen molar-refractivity contribution in [3.8, 4) is 11.5 Å². The molecular weight excluding hydrogens is 278 g/mol. The van der Waals surface area contributed by atoms with Gasteiger partial charge < -0.3 is 14.8 Å². The highest BCUT2D eigenvalue weighted by Gasteiger charge is 2.25. The Morgan fingerprint density at radius 2 is 2.05 bits per heavy atom. The van der Waals surface area contributed by atoms with Crippen molar-refractivity contribution in [1.29, 1.82) is 0 Å². The Morgan fingerprint density at radius 3 is 2.82 bits per heavy atom. The average Bonchev–Trinajstić information content (AvgIpc) is 2.98. The molecule has 1 aliphatic carbocycles. The highest BCUT2D eigenvalue weighted by molar-refractivity contribution is 5.94. The molecular formula is C18H19NO3. The van der Waals surface area contributed by atoms with E-state index in [1.165, 1.54) is 11.1 Å². The van der Waals surface area contributed by atoms with Crippen LogP contribution in [0, 0.1) is 0 Å². The second-order valence-corrected chi connectivity index (χ2v) is 5.30. The SMILES string of the molecule is CNC(=O)c1cccc(Oc2cccc3c2CC[C@H]3OC)c1. The van der Waals surface area contributed by atoms with Crippen molar-refractivity contribution in [2.45, 2.75) is 18.9 Å². The van der Waals surface area contributed by atoms with Crippen molar-refractivity contribution in [3.63, 3.8) is 0 Å². The summed E-state index contributed by atoms with van der Waals surface area (Å²) >= 11 is 0. The summed E-state index contributed by atoms with van der Waals surface area (Å²) < 4.78 is 11.5. The maximum absolute atomic E-state index is 11.7. The van der Waals surface area contributed by atoms with Crippen LogP contribution in [-0.2, 0) is 11.2 Å². The van der Waals surface area contributed by atoms with Crippen molar-refractivity contribution >= 4 is 5.91 Å². The Bertz CT molecular complexity index is 696. The van der Waals surface area contributed by atoms with Gasteiger partial charge in [-0.3, -0.25) is 4.79 Å². The van der Waals surface area contributed by atoms with Crippen LogP contribution < -0.4 is 10.1 Å². The van der Waals surface area contributed by atoms with E-state index in [9.17, 15) is 4.79 Å². The fraction of sp³-hybridized carbons (Fsp3) is 0.278. The smallest absolute Gasteiger partial charge is 0.251 e. The second-order valence-electron chi connectivity index (χ2n) is 5.30. The van der Waals surface area contributed by atoms with Gasteiger partial charge in [0.05, 0.1) is 6.10 Å². The van der Waals surface area contributed by atoms with E-state index in [1.54, 1.807) is 26.3 Å². The van der Waals surface area contributed by atoms with Crippen LogP contribution in [0.15, 0.2) is 42.5 Å². The number of hydrogen-bond donors (Lipinski definition) is 1. The van der Waals surface area contributed by atoms with Crippen LogP contribution >= 0.6 is 0 Å². The Labute approximate surface area is 130 Å². The van der Waals surface area contributed by atoms with E-state index in [0.29, 0.717) is 11.3 Å². The highest BCUT2D eigenvalue weighted by atomic mass is 16.5. The number of amides is 1. The molecule has 0 radical (unpaired) electrons. The molecule has 4 heteroatoms. The third-order valence-electron chi connectivity index (χ3n) is 4.01. The fourth-order valence-electron chi connectivity index (χ4n) is 2.90. The molecule has 0 spiro atoms. The monoisotopic (exact) mass is 297 g/mol. The lowest BCUT2D eigenvalue weighted by atomic mass is 10.1. The van der Waals surface area contributed by atoms with E-state index in [0.717, 1.165) is 18.6 Å². The molecule has 0 fully saturated rings. The first kappa shape index (κ1) is 14.6. The van der Waals surface area contributed by atoms with Gasteiger partial charge in [0.1, 0.15) is 11.5 Å². The Balaban J connectivity index is 1.89. The van der Waals surface area contributed by atoms with Gasteiger partial charge in [-0.1, -0.05) is 18.2 Å². The number of ether oxygens (including phenoxy) is 2. The van der Waals surface area contributed by atoms with Gasteiger partial charge in [0.2, 0.25) is 0 Å². The van der Waals surface area contributed by atoms with Gasteiger partial charge in [0, 0.05) is 25.3 Å². The number of carbonyl (C=O) groups is 1. The van der Waals surface area contributed by atoms with Crippen LogP contribution in [0.4, 0.5) is 0 Å². The maximum Gasteiger partial charge on any atom is 0.251 e. The lowest BCUT2D eigenvalue weighted by Gasteiger charge is -2.13. The fourth-order valence-corrected chi connectivity index (χ4v) is 2.90. The van der Waals surface area contributed by atoms with E-state index in [2.05, 4.69) is 11.4 Å². The molecule has 0 aromatic heterocycles. The first-order valence-corrected chi connectivity index (χ1v) is 7.37. The molecule has 1 N–H and O–H groups in total. The molecule has 0 heterocycles. The predicted molar refractivity (Wildman–Crippen MR) is 84.4 cm³/mol. The molecule has 0 unspecified atom stereocenters. The zero-order valence-corrected chi connectivity index (χ0v) is 12.8. The molecule has 0 bridgehead atoms. The lowest BCUT2D eigenvalue weighted by Crippen LogP contribution is -2.17. The first-order chi connectivity index (χ1) is 10.7. The van der Waals surface area contributed by atoms with Crippen LogP contribution in [0.3, 0.4) is 0 Å². The van der Waals surface area contributed by atoms with Gasteiger partial charge >= 0.3 is 0 Å². The van der Waals surface area contributed by atoms with Gasteiger partial charge in [-0.25, -0.2) is 0 Å². The summed E-state index contributed by atoms with van der Waals surface area (Å²) in [4.78, 5) is 11.7. The third kappa shape index (κ3) is 2.70. The number of benzene rings is 2. The summed E-state index contributed by atoms with van der Waals surface area (Å²) in [5.74, 6) is 1.38. The minimum absolute atomic E-state index is 0.122. The molecule has 2 aromatic carbocycles. The van der Waals surface area contributed by atoms with Crippen LogP contribution in [0.2, 0.25) is 0 Å². The van der Waals surface area contributed by atoms with Crippen molar-refractivity contribution in [2.24, 2.45) is 0 Å². The van der Waals surface area contributed by atoms with Gasteiger partial charge in [0.25, 0.3) is 5.91 Å². The molecule has 22 heavy (non-hydrogen) atoms. The van der Waals surface area contributed by atoms with Crippen molar-refractivity contribution in [3.05, 3.63) is 59.2 Å². The van der Waals surface area contributed by atoms with Gasteiger partial charge in [0.15, 0.2) is 0 Å². The molecule has 1 amide bonds. The Hall–Kier alpha value is -2.33. The number of methoxy groups -OCH3 is 1. The molecule has 1 atom stereocenters. The molecule has 3 rings (SSSR count).